The van der Waals surface area contributed by atoms with Crippen molar-refractivity contribution in [3.8, 4) is 0 Å². The maximum atomic E-state index is 13.1. The van der Waals surface area contributed by atoms with E-state index in [0.29, 0.717) is 12.1 Å². The van der Waals surface area contributed by atoms with Crippen molar-refractivity contribution in [2.75, 3.05) is 5.73 Å². The van der Waals surface area contributed by atoms with E-state index >= 15 is 0 Å². The Labute approximate surface area is 116 Å². The van der Waals surface area contributed by atoms with Gasteiger partial charge < -0.3 is 15.1 Å². The van der Waals surface area contributed by atoms with Crippen LogP contribution < -0.4 is 5.73 Å². The number of hydrogen-bond acceptors (Lipinski definition) is 3. The lowest BCUT2D eigenvalue weighted by atomic mass is 10.1. The van der Waals surface area contributed by atoms with Crippen LogP contribution in [0.2, 0.25) is 0 Å². The van der Waals surface area contributed by atoms with Crippen molar-refractivity contribution < 1.29 is 13.6 Å². The molecule has 1 aliphatic carbocycles. The number of rotatable bonds is 4. The second-order valence-electron chi connectivity index (χ2n) is 4.98. The van der Waals surface area contributed by atoms with Gasteiger partial charge in [-0.2, -0.15) is 0 Å². The Morgan fingerprint density at radius 2 is 2.20 bits per heavy atom. The second-order valence-corrected chi connectivity index (χ2v) is 4.98. The van der Waals surface area contributed by atoms with Crippen LogP contribution in [-0.2, 0) is 6.54 Å². The van der Waals surface area contributed by atoms with Gasteiger partial charge in [-0.25, -0.2) is 4.39 Å². The minimum absolute atomic E-state index is 0.167. The highest BCUT2D eigenvalue weighted by Gasteiger charge is 2.34. The monoisotopic (exact) mass is 274 g/mol. The normalized spacial score (nSPS) is 14.2. The highest BCUT2D eigenvalue weighted by Crippen LogP contribution is 2.31. The van der Waals surface area contributed by atoms with Gasteiger partial charge in [0.25, 0.3) is 5.91 Å². The lowest BCUT2D eigenvalue weighted by molar-refractivity contribution is 0.0718. The molecule has 1 aliphatic rings. The molecule has 0 radical (unpaired) electrons. The summed E-state index contributed by atoms with van der Waals surface area (Å²) in [6.45, 7) is 0.410. The molecule has 1 aromatic carbocycles. The molecule has 0 atom stereocenters. The molecule has 0 unspecified atom stereocenters. The largest absolute Gasteiger partial charge is 0.467 e. The van der Waals surface area contributed by atoms with E-state index in [0.717, 1.165) is 18.6 Å². The number of halogens is 1. The maximum Gasteiger partial charge on any atom is 0.256 e. The number of furan rings is 1. The Kier molecular flexibility index (Phi) is 3.18. The van der Waals surface area contributed by atoms with E-state index in [2.05, 4.69) is 0 Å². The SMILES string of the molecule is Nc1cc(F)ccc1C(=O)N(Cc1ccco1)C1CC1. The summed E-state index contributed by atoms with van der Waals surface area (Å²) in [6, 6.07) is 7.70. The third-order valence-corrected chi connectivity index (χ3v) is 3.40. The molecule has 1 amide bonds. The molecule has 1 fully saturated rings. The van der Waals surface area contributed by atoms with Gasteiger partial charge >= 0.3 is 0 Å². The molecule has 2 aromatic rings. The zero-order valence-electron chi connectivity index (χ0n) is 10.9. The summed E-state index contributed by atoms with van der Waals surface area (Å²) >= 11 is 0. The first kappa shape index (κ1) is 12.7. The van der Waals surface area contributed by atoms with Gasteiger partial charge in [-0.1, -0.05) is 0 Å². The van der Waals surface area contributed by atoms with Gasteiger partial charge in [0.1, 0.15) is 11.6 Å². The lowest BCUT2D eigenvalue weighted by Crippen LogP contribution is -2.33. The van der Waals surface area contributed by atoms with Gasteiger partial charge in [0, 0.05) is 11.7 Å². The molecule has 2 N–H and O–H groups in total. The number of carbonyl (C=O) groups excluding carboxylic acids is 1. The molecule has 0 saturated heterocycles. The molecule has 0 spiro atoms. The molecule has 1 aromatic heterocycles. The fourth-order valence-corrected chi connectivity index (χ4v) is 2.21. The first-order valence-electron chi connectivity index (χ1n) is 6.53. The van der Waals surface area contributed by atoms with Crippen molar-refractivity contribution in [1.29, 1.82) is 0 Å². The molecule has 104 valence electrons. The number of nitrogen functional groups attached to an aromatic ring is 1. The Hall–Kier alpha value is -2.30. The molecular formula is C15H15FN2O2. The number of nitrogens with two attached hydrogens (primary N) is 1. The van der Waals surface area contributed by atoms with Crippen LogP contribution in [0.3, 0.4) is 0 Å². The predicted octanol–water partition coefficient (Wildman–Crippen LogP) is 2.81. The van der Waals surface area contributed by atoms with E-state index < -0.39 is 5.82 Å². The molecule has 4 nitrogen and oxygen atoms in total. The molecular weight excluding hydrogens is 259 g/mol. The summed E-state index contributed by atoms with van der Waals surface area (Å²) in [6.07, 6.45) is 3.54. The van der Waals surface area contributed by atoms with E-state index in [-0.39, 0.29) is 17.6 Å². The third kappa shape index (κ3) is 2.52. The molecule has 0 aliphatic heterocycles. The summed E-state index contributed by atoms with van der Waals surface area (Å²) in [4.78, 5) is 14.3. The van der Waals surface area contributed by atoms with Crippen LogP contribution in [0.25, 0.3) is 0 Å². The number of benzene rings is 1. The average Bonchev–Trinajstić information content (AvgIpc) is 3.12. The Morgan fingerprint density at radius 1 is 1.40 bits per heavy atom. The zero-order chi connectivity index (χ0) is 14.1. The van der Waals surface area contributed by atoms with Gasteiger partial charge in [0.15, 0.2) is 0 Å². The summed E-state index contributed by atoms with van der Waals surface area (Å²) in [7, 11) is 0. The maximum absolute atomic E-state index is 13.1. The van der Waals surface area contributed by atoms with Crippen LogP contribution in [0, 0.1) is 5.82 Å². The van der Waals surface area contributed by atoms with Crippen LogP contribution in [0.15, 0.2) is 41.0 Å². The van der Waals surface area contributed by atoms with Crippen LogP contribution in [0.5, 0.6) is 0 Å². The van der Waals surface area contributed by atoms with Gasteiger partial charge in [0.05, 0.1) is 18.4 Å². The van der Waals surface area contributed by atoms with Crippen molar-refractivity contribution in [1.82, 2.24) is 4.90 Å². The molecule has 1 heterocycles. The molecule has 0 bridgehead atoms. The minimum Gasteiger partial charge on any atom is -0.467 e. The Balaban J connectivity index is 1.85. The molecule has 5 heteroatoms. The van der Waals surface area contributed by atoms with Crippen LogP contribution in [0.1, 0.15) is 29.0 Å². The van der Waals surface area contributed by atoms with Crippen molar-refractivity contribution in [2.24, 2.45) is 0 Å². The number of anilines is 1. The van der Waals surface area contributed by atoms with E-state index in [1.54, 1.807) is 17.2 Å². The number of carbonyl (C=O) groups is 1. The highest BCUT2D eigenvalue weighted by molar-refractivity contribution is 5.99. The van der Waals surface area contributed by atoms with Gasteiger partial charge in [-0.3, -0.25) is 4.79 Å². The number of nitrogens with zero attached hydrogens (tertiary/aromatic N) is 1. The third-order valence-electron chi connectivity index (χ3n) is 3.40. The first-order chi connectivity index (χ1) is 9.65. The van der Waals surface area contributed by atoms with Crippen LogP contribution >= 0.6 is 0 Å². The van der Waals surface area contributed by atoms with Crippen molar-refractivity contribution in [3.63, 3.8) is 0 Å². The Morgan fingerprint density at radius 3 is 2.80 bits per heavy atom. The Bertz CT molecular complexity index is 621. The number of amides is 1. The fourth-order valence-electron chi connectivity index (χ4n) is 2.21. The summed E-state index contributed by atoms with van der Waals surface area (Å²) < 4.78 is 18.4. The van der Waals surface area contributed by atoms with E-state index in [1.807, 2.05) is 6.07 Å². The molecule has 3 rings (SSSR count). The first-order valence-corrected chi connectivity index (χ1v) is 6.53. The van der Waals surface area contributed by atoms with Crippen molar-refractivity contribution >= 4 is 11.6 Å². The standard InChI is InChI=1S/C15H15FN2O2/c16-10-3-6-13(14(17)8-10)15(19)18(11-4-5-11)9-12-2-1-7-20-12/h1-3,6-8,11H,4-5,9,17H2. The van der Waals surface area contributed by atoms with E-state index in [4.69, 9.17) is 10.2 Å². The molecule has 20 heavy (non-hydrogen) atoms. The number of hydrogen-bond donors (Lipinski definition) is 1. The average molecular weight is 274 g/mol. The second kappa shape index (κ2) is 5.00. The fraction of sp³-hybridized carbons (Fsp3) is 0.267. The quantitative estimate of drug-likeness (QED) is 0.872. The van der Waals surface area contributed by atoms with Crippen LogP contribution in [-0.4, -0.2) is 16.8 Å². The van der Waals surface area contributed by atoms with Crippen molar-refractivity contribution in [3.05, 3.63) is 53.7 Å². The van der Waals surface area contributed by atoms with E-state index in [9.17, 15) is 9.18 Å². The summed E-state index contributed by atoms with van der Waals surface area (Å²) in [5.74, 6) is 0.107. The van der Waals surface area contributed by atoms with Crippen molar-refractivity contribution in [2.45, 2.75) is 25.4 Å². The summed E-state index contributed by atoms with van der Waals surface area (Å²) in [5, 5.41) is 0. The highest BCUT2D eigenvalue weighted by atomic mass is 19.1. The zero-order valence-corrected chi connectivity index (χ0v) is 10.9. The summed E-state index contributed by atoms with van der Waals surface area (Å²) in [5.41, 5.74) is 6.25. The van der Waals surface area contributed by atoms with Crippen LogP contribution in [0.4, 0.5) is 10.1 Å². The topological polar surface area (TPSA) is 59.5 Å². The van der Waals surface area contributed by atoms with E-state index in [1.165, 1.54) is 18.2 Å². The molecule has 1 saturated carbocycles. The smallest absolute Gasteiger partial charge is 0.256 e. The van der Waals surface area contributed by atoms with Gasteiger partial charge in [-0.15, -0.1) is 0 Å². The van der Waals surface area contributed by atoms with Gasteiger partial charge in [0.2, 0.25) is 0 Å². The minimum atomic E-state index is -0.442. The lowest BCUT2D eigenvalue weighted by Gasteiger charge is -2.22. The predicted molar refractivity (Wildman–Crippen MR) is 72.4 cm³/mol. The van der Waals surface area contributed by atoms with Gasteiger partial charge in [-0.05, 0) is 43.2 Å².